The summed E-state index contributed by atoms with van der Waals surface area (Å²) < 4.78 is 4.71. The van der Waals surface area contributed by atoms with Crippen molar-refractivity contribution in [3.63, 3.8) is 0 Å². The molecule has 17 heavy (non-hydrogen) atoms. The van der Waals surface area contributed by atoms with Gasteiger partial charge in [0.15, 0.2) is 5.84 Å². The molecule has 1 aromatic carbocycles. The Labute approximate surface area is 103 Å². The summed E-state index contributed by atoms with van der Waals surface area (Å²) in [6.07, 6.45) is -0.619. The van der Waals surface area contributed by atoms with E-state index in [1.54, 1.807) is 13.0 Å². The number of halogens is 1. The predicted octanol–water partition coefficient (Wildman–Crippen LogP) is 2.00. The molecule has 0 saturated heterocycles. The van der Waals surface area contributed by atoms with Crippen molar-refractivity contribution in [3.8, 4) is 0 Å². The van der Waals surface area contributed by atoms with Gasteiger partial charge < -0.3 is 15.7 Å². The number of ether oxygens (including phenoxy) is 1. The molecule has 0 aliphatic heterocycles. The summed E-state index contributed by atoms with van der Waals surface area (Å²) in [5, 5.41) is 14.2. The van der Waals surface area contributed by atoms with Gasteiger partial charge in [0.25, 0.3) is 0 Å². The van der Waals surface area contributed by atoms with Crippen molar-refractivity contribution in [1.29, 1.82) is 0 Å². The zero-order chi connectivity index (χ0) is 12.8. The van der Waals surface area contributed by atoms with Crippen molar-refractivity contribution < 1.29 is 14.7 Å². The van der Waals surface area contributed by atoms with E-state index in [1.165, 1.54) is 12.1 Å². The van der Waals surface area contributed by atoms with E-state index in [0.29, 0.717) is 16.3 Å². The van der Waals surface area contributed by atoms with Gasteiger partial charge in [0.2, 0.25) is 0 Å². The van der Waals surface area contributed by atoms with Crippen LogP contribution in [0.4, 0.5) is 10.5 Å². The van der Waals surface area contributed by atoms with Gasteiger partial charge in [-0.3, -0.25) is 5.32 Å². The second-order valence-electron chi connectivity index (χ2n) is 3.03. The fraction of sp³-hybridized carbons (Fsp3) is 0.200. The average molecular weight is 258 g/mol. The topological polar surface area (TPSA) is 96.9 Å². The Morgan fingerprint density at radius 1 is 1.65 bits per heavy atom. The van der Waals surface area contributed by atoms with Crippen LogP contribution in [0.3, 0.4) is 0 Å². The van der Waals surface area contributed by atoms with E-state index in [9.17, 15) is 4.79 Å². The number of carbonyl (C=O) groups is 1. The second-order valence-corrected chi connectivity index (χ2v) is 3.43. The van der Waals surface area contributed by atoms with Crippen LogP contribution in [0.25, 0.3) is 0 Å². The Morgan fingerprint density at radius 2 is 2.35 bits per heavy atom. The highest BCUT2D eigenvalue weighted by Crippen LogP contribution is 2.23. The Kier molecular flexibility index (Phi) is 4.59. The molecule has 0 saturated carbocycles. The first-order chi connectivity index (χ1) is 8.08. The van der Waals surface area contributed by atoms with E-state index >= 15 is 0 Å². The minimum Gasteiger partial charge on any atom is -0.450 e. The molecule has 0 fully saturated rings. The first-order valence-corrected chi connectivity index (χ1v) is 5.17. The lowest BCUT2D eigenvalue weighted by Crippen LogP contribution is -2.16. The van der Waals surface area contributed by atoms with Gasteiger partial charge >= 0.3 is 6.09 Å². The van der Waals surface area contributed by atoms with Gasteiger partial charge in [-0.25, -0.2) is 4.79 Å². The van der Waals surface area contributed by atoms with Crippen molar-refractivity contribution >= 4 is 29.2 Å². The first kappa shape index (κ1) is 13.1. The third kappa shape index (κ3) is 3.53. The minimum absolute atomic E-state index is 0.0754. The summed E-state index contributed by atoms with van der Waals surface area (Å²) >= 11 is 5.87. The summed E-state index contributed by atoms with van der Waals surface area (Å²) in [6.45, 7) is 1.94. The SMILES string of the molecule is CCOC(=O)Nc1cc(C(N)=NO)ccc1Cl. The molecular weight excluding hydrogens is 246 g/mol. The molecule has 0 unspecified atom stereocenters. The third-order valence-corrected chi connectivity index (χ3v) is 2.21. The Hall–Kier alpha value is -1.95. The predicted molar refractivity (Wildman–Crippen MR) is 64.6 cm³/mol. The van der Waals surface area contributed by atoms with Crippen molar-refractivity contribution in [2.75, 3.05) is 11.9 Å². The van der Waals surface area contributed by atoms with Crippen LogP contribution >= 0.6 is 11.6 Å². The van der Waals surface area contributed by atoms with Gasteiger partial charge in [-0.1, -0.05) is 16.8 Å². The van der Waals surface area contributed by atoms with Gasteiger partial charge in [-0.15, -0.1) is 0 Å². The van der Waals surface area contributed by atoms with Crippen LogP contribution in [-0.4, -0.2) is 23.7 Å². The van der Waals surface area contributed by atoms with Gasteiger partial charge in [0.1, 0.15) is 0 Å². The van der Waals surface area contributed by atoms with E-state index in [1.807, 2.05) is 0 Å². The number of hydrogen-bond acceptors (Lipinski definition) is 4. The Balaban J connectivity index is 2.95. The molecule has 0 aliphatic carbocycles. The summed E-state index contributed by atoms with van der Waals surface area (Å²) in [6, 6.07) is 4.57. The molecule has 4 N–H and O–H groups in total. The molecule has 6 nitrogen and oxygen atoms in total. The highest BCUT2D eigenvalue weighted by molar-refractivity contribution is 6.33. The molecule has 0 radical (unpaired) electrons. The number of nitrogens with one attached hydrogen (secondary N) is 1. The molecular formula is C10H12ClN3O3. The first-order valence-electron chi connectivity index (χ1n) is 4.79. The van der Waals surface area contributed by atoms with E-state index in [2.05, 4.69) is 10.5 Å². The number of anilines is 1. The number of amidine groups is 1. The lowest BCUT2D eigenvalue weighted by molar-refractivity contribution is 0.168. The largest absolute Gasteiger partial charge is 0.450 e. The monoisotopic (exact) mass is 257 g/mol. The summed E-state index contributed by atoms with van der Waals surface area (Å²) in [7, 11) is 0. The number of amides is 1. The van der Waals surface area contributed by atoms with Crippen molar-refractivity contribution in [3.05, 3.63) is 28.8 Å². The molecule has 1 aromatic rings. The van der Waals surface area contributed by atoms with Crippen molar-refractivity contribution in [2.45, 2.75) is 6.92 Å². The number of nitrogens with zero attached hydrogens (tertiary/aromatic N) is 1. The molecule has 0 heterocycles. The fourth-order valence-electron chi connectivity index (χ4n) is 1.12. The molecule has 92 valence electrons. The van der Waals surface area contributed by atoms with Crippen LogP contribution in [-0.2, 0) is 4.74 Å². The smallest absolute Gasteiger partial charge is 0.411 e. The van der Waals surface area contributed by atoms with Crippen LogP contribution in [0.2, 0.25) is 5.02 Å². The molecule has 0 aromatic heterocycles. The Morgan fingerprint density at radius 3 is 2.94 bits per heavy atom. The van der Waals surface area contributed by atoms with E-state index in [-0.39, 0.29) is 12.4 Å². The summed E-state index contributed by atoms with van der Waals surface area (Å²) in [5.41, 5.74) is 6.18. The normalized spacial score (nSPS) is 11.1. The van der Waals surface area contributed by atoms with Crippen LogP contribution in [0.1, 0.15) is 12.5 Å². The molecule has 0 spiro atoms. The highest BCUT2D eigenvalue weighted by Gasteiger charge is 2.08. The van der Waals surface area contributed by atoms with E-state index < -0.39 is 6.09 Å². The summed E-state index contributed by atoms with van der Waals surface area (Å²) in [4.78, 5) is 11.2. The lowest BCUT2D eigenvalue weighted by Gasteiger charge is -2.08. The highest BCUT2D eigenvalue weighted by atomic mass is 35.5. The number of hydrogen-bond donors (Lipinski definition) is 3. The number of nitrogens with two attached hydrogens (primary N) is 1. The van der Waals surface area contributed by atoms with Crippen LogP contribution < -0.4 is 11.1 Å². The molecule has 0 atom stereocenters. The van der Waals surface area contributed by atoms with Gasteiger partial charge in [0, 0.05) is 5.56 Å². The molecule has 1 rings (SSSR count). The minimum atomic E-state index is -0.619. The zero-order valence-electron chi connectivity index (χ0n) is 9.11. The number of rotatable bonds is 3. The van der Waals surface area contributed by atoms with Crippen LogP contribution in [0.15, 0.2) is 23.4 Å². The van der Waals surface area contributed by atoms with E-state index in [0.717, 1.165) is 0 Å². The zero-order valence-corrected chi connectivity index (χ0v) is 9.86. The number of benzene rings is 1. The quantitative estimate of drug-likeness (QED) is 0.334. The Bertz CT molecular complexity index is 448. The molecule has 1 amide bonds. The van der Waals surface area contributed by atoms with Gasteiger partial charge in [-0.05, 0) is 25.1 Å². The summed E-state index contributed by atoms with van der Waals surface area (Å²) in [5.74, 6) is -0.0754. The van der Waals surface area contributed by atoms with Gasteiger partial charge in [-0.2, -0.15) is 0 Å². The fourth-order valence-corrected chi connectivity index (χ4v) is 1.28. The van der Waals surface area contributed by atoms with Crippen LogP contribution in [0.5, 0.6) is 0 Å². The molecule has 0 bridgehead atoms. The molecule has 7 heteroatoms. The van der Waals surface area contributed by atoms with E-state index in [4.69, 9.17) is 27.3 Å². The maximum Gasteiger partial charge on any atom is 0.411 e. The second kappa shape index (κ2) is 5.95. The number of carbonyl (C=O) groups excluding carboxylic acids is 1. The van der Waals surface area contributed by atoms with Crippen molar-refractivity contribution in [1.82, 2.24) is 0 Å². The van der Waals surface area contributed by atoms with Gasteiger partial charge in [0.05, 0.1) is 17.3 Å². The maximum atomic E-state index is 11.2. The standard InChI is InChI=1S/C10H12ClN3O3/c1-2-17-10(15)13-8-5-6(9(12)14-16)3-4-7(8)11/h3-5,16H,2H2,1H3,(H2,12,14)(H,13,15). The lowest BCUT2D eigenvalue weighted by atomic mass is 10.2. The number of oxime groups is 1. The molecule has 0 aliphatic rings. The van der Waals surface area contributed by atoms with Crippen molar-refractivity contribution in [2.24, 2.45) is 10.9 Å². The average Bonchev–Trinajstić information content (AvgIpc) is 2.31. The maximum absolute atomic E-state index is 11.2. The third-order valence-electron chi connectivity index (χ3n) is 1.88. The van der Waals surface area contributed by atoms with Crippen LogP contribution in [0, 0.1) is 0 Å².